The predicted molar refractivity (Wildman–Crippen MR) is 108 cm³/mol. The topological polar surface area (TPSA) is 75.2 Å². The second kappa shape index (κ2) is 6.61. The first-order valence-electron chi connectivity index (χ1n) is 8.78. The number of para-hydroxylation sites is 2. The smallest absolute Gasteiger partial charge is 0.244 e. The van der Waals surface area contributed by atoms with E-state index in [9.17, 15) is 9.59 Å². The lowest BCUT2D eigenvalue weighted by molar-refractivity contribution is -0.120. The molecule has 0 radical (unpaired) electrons. The van der Waals surface area contributed by atoms with Gasteiger partial charge in [0.1, 0.15) is 22.7 Å². The van der Waals surface area contributed by atoms with E-state index in [0.717, 1.165) is 33.8 Å². The van der Waals surface area contributed by atoms with Crippen LogP contribution in [0.5, 0.6) is 0 Å². The first-order chi connectivity index (χ1) is 13.2. The highest BCUT2D eigenvalue weighted by atomic mass is 32.2. The maximum atomic E-state index is 12.9. The van der Waals surface area contributed by atoms with Crippen molar-refractivity contribution in [3.63, 3.8) is 0 Å². The Bertz CT molecular complexity index is 1080. The lowest BCUT2D eigenvalue weighted by atomic mass is 10.2. The molecule has 1 aliphatic carbocycles. The number of aromatic nitrogens is 2. The van der Waals surface area contributed by atoms with Crippen molar-refractivity contribution in [2.75, 3.05) is 22.5 Å². The minimum Gasteiger partial charge on any atom is -0.323 e. The number of anilines is 2. The number of hydrogen-bond acceptors (Lipinski definition) is 6. The summed E-state index contributed by atoms with van der Waals surface area (Å²) in [5.74, 6) is -0.0358. The lowest BCUT2D eigenvalue weighted by Crippen LogP contribution is -2.43. The van der Waals surface area contributed by atoms with E-state index in [0.29, 0.717) is 5.69 Å². The number of hydrogen-bond donors (Lipinski definition) is 1. The van der Waals surface area contributed by atoms with Crippen molar-refractivity contribution in [2.45, 2.75) is 24.3 Å². The van der Waals surface area contributed by atoms with Crippen molar-refractivity contribution in [1.29, 1.82) is 0 Å². The van der Waals surface area contributed by atoms with Gasteiger partial charge in [0.2, 0.25) is 11.8 Å². The molecule has 0 unspecified atom stereocenters. The Kier molecular flexibility index (Phi) is 4.09. The summed E-state index contributed by atoms with van der Waals surface area (Å²) in [6, 6.07) is 7.37. The Morgan fingerprint density at radius 1 is 1.26 bits per heavy atom. The molecule has 1 N–H and O–H groups in total. The summed E-state index contributed by atoms with van der Waals surface area (Å²) >= 11 is 3.17. The highest BCUT2D eigenvalue weighted by molar-refractivity contribution is 8.00. The molecule has 0 atom stereocenters. The molecule has 3 heterocycles. The van der Waals surface area contributed by atoms with E-state index in [1.165, 1.54) is 28.6 Å². The van der Waals surface area contributed by atoms with Crippen molar-refractivity contribution < 1.29 is 9.59 Å². The zero-order chi connectivity index (χ0) is 18.4. The van der Waals surface area contributed by atoms with E-state index in [1.807, 2.05) is 24.3 Å². The van der Waals surface area contributed by atoms with Crippen LogP contribution in [-0.2, 0) is 22.4 Å². The van der Waals surface area contributed by atoms with Crippen LogP contribution in [0.25, 0.3) is 10.2 Å². The van der Waals surface area contributed by atoms with E-state index < -0.39 is 0 Å². The summed E-state index contributed by atoms with van der Waals surface area (Å²) in [5.41, 5.74) is 2.77. The maximum absolute atomic E-state index is 12.9. The van der Waals surface area contributed by atoms with Gasteiger partial charge in [0.15, 0.2) is 0 Å². The highest BCUT2D eigenvalue weighted by Gasteiger charge is 2.27. The fourth-order valence-corrected chi connectivity index (χ4v) is 5.87. The van der Waals surface area contributed by atoms with Gasteiger partial charge in [-0.05, 0) is 37.0 Å². The molecule has 8 heteroatoms. The fourth-order valence-electron chi connectivity index (χ4n) is 3.67. The molecule has 5 rings (SSSR count). The van der Waals surface area contributed by atoms with Crippen LogP contribution in [0.4, 0.5) is 11.4 Å². The third-order valence-electron chi connectivity index (χ3n) is 4.87. The third-order valence-corrected chi connectivity index (χ3v) is 7.04. The molecule has 136 valence electrons. The molecule has 3 aromatic rings. The number of thioether (sulfide) groups is 1. The Labute approximate surface area is 164 Å². The zero-order valence-corrected chi connectivity index (χ0v) is 16.0. The molecule has 1 aromatic carbocycles. The highest BCUT2D eigenvalue weighted by Crippen LogP contribution is 2.40. The molecule has 0 spiro atoms. The monoisotopic (exact) mass is 396 g/mol. The number of benzene rings is 1. The number of nitrogens with zero attached hydrogens (tertiary/aromatic N) is 3. The molecule has 0 bridgehead atoms. The van der Waals surface area contributed by atoms with Crippen LogP contribution in [0.2, 0.25) is 0 Å². The average Bonchev–Trinajstić information content (AvgIpc) is 3.26. The summed E-state index contributed by atoms with van der Waals surface area (Å²) in [6.07, 6.45) is 4.92. The Hall–Kier alpha value is -2.45. The molecule has 0 saturated heterocycles. The quantitative estimate of drug-likeness (QED) is 0.543. The van der Waals surface area contributed by atoms with Gasteiger partial charge >= 0.3 is 0 Å². The van der Waals surface area contributed by atoms with E-state index in [1.54, 1.807) is 22.6 Å². The number of thiophene rings is 1. The third kappa shape index (κ3) is 2.89. The SMILES string of the molecule is O=C1CN(C(=O)CSc2ncnc3sc4c(c23)CCC4)c2ccccc2N1. The minimum atomic E-state index is -0.174. The fraction of sp³-hybridized carbons (Fsp3) is 0.263. The second-order valence-corrected chi connectivity index (χ2v) is 8.60. The van der Waals surface area contributed by atoms with Gasteiger partial charge in [-0.25, -0.2) is 9.97 Å². The summed E-state index contributed by atoms with van der Waals surface area (Å²) in [5, 5.41) is 4.79. The molecule has 6 nitrogen and oxygen atoms in total. The van der Waals surface area contributed by atoms with Crippen molar-refractivity contribution in [1.82, 2.24) is 9.97 Å². The van der Waals surface area contributed by atoms with E-state index in [4.69, 9.17) is 0 Å². The first-order valence-corrected chi connectivity index (χ1v) is 10.6. The average molecular weight is 396 g/mol. The number of carbonyl (C=O) groups is 2. The standard InChI is InChI=1S/C19H16N4O2S2/c24-15-8-23(13-6-2-1-5-12(13)22-15)16(25)9-26-18-17-11-4-3-7-14(11)27-19(17)21-10-20-18/h1-2,5-6,10H,3-4,7-9H2,(H,22,24). The summed E-state index contributed by atoms with van der Waals surface area (Å²) < 4.78 is 0. The van der Waals surface area contributed by atoms with Crippen molar-refractivity contribution in [3.05, 3.63) is 41.0 Å². The van der Waals surface area contributed by atoms with Gasteiger partial charge in [-0.1, -0.05) is 23.9 Å². The number of fused-ring (bicyclic) bond motifs is 4. The van der Waals surface area contributed by atoms with Crippen LogP contribution in [0.15, 0.2) is 35.6 Å². The van der Waals surface area contributed by atoms with Gasteiger partial charge in [0.05, 0.1) is 17.1 Å². The summed E-state index contributed by atoms with van der Waals surface area (Å²) in [6.45, 7) is 0.0451. The van der Waals surface area contributed by atoms with Gasteiger partial charge in [-0.15, -0.1) is 11.3 Å². The number of carbonyl (C=O) groups excluding carboxylic acids is 2. The first kappa shape index (κ1) is 16.7. The summed E-state index contributed by atoms with van der Waals surface area (Å²) in [7, 11) is 0. The van der Waals surface area contributed by atoms with Crippen molar-refractivity contribution in [3.8, 4) is 0 Å². The van der Waals surface area contributed by atoms with Crippen LogP contribution < -0.4 is 10.2 Å². The summed E-state index contributed by atoms with van der Waals surface area (Å²) in [4.78, 5) is 37.6. The number of amides is 2. The molecular formula is C19H16N4O2S2. The Morgan fingerprint density at radius 2 is 2.15 bits per heavy atom. The Morgan fingerprint density at radius 3 is 3.07 bits per heavy atom. The van der Waals surface area contributed by atoms with Crippen LogP contribution in [0.1, 0.15) is 16.9 Å². The lowest BCUT2D eigenvalue weighted by Gasteiger charge is -2.29. The van der Waals surface area contributed by atoms with Gasteiger partial charge in [-0.3, -0.25) is 9.59 Å². The van der Waals surface area contributed by atoms with E-state index in [-0.39, 0.29) is 24.1 Å². The molecular weight excluding hydrogens is 380 g/mol. The molecule has 27 heavy (non-hydrogen) atoms. The van der Waals surface area contributed by atoms with Gasteiger partial charge in [0.25, 0.3) is 0 Å². The largest absolute Gasteiger partial charge is 0.323 e. The molecule has 2 amide bonds. The van der Waals surface area contributed by atoms with Crippen LogP contribution in [0, 0.1) is 0 Å². The van der Waals surface area contributed by atoms with Crippen LogP contribution in [0.3, 0.4) is 0 Å². The van der Waals surface area contributed by atoms with Gasteiger partial charge in [0, 0.05) is 10.3 Å². The molecule has 1 aliphatic heterocycles. The van der Waals surface area contributed by atoms with Crippen molar-refractivity contribution in [2.24, 2.45) is 0 Å². The molecule has 0 fully saturated rings. The van der Waals surface area contributed by atoms with E-state index >= 15 is 0 Å². The predicted octanol–water partition coefficient (Wildman–Crippen LogP) is 3.26. The van der Waals surface area contributed by atoms with Crippen LogP contribution >= 0.6 is 23.1 Å². The minimum absolute atomic E-state index is 0.0451. The van der Waals surface area contributed by atoms with E-state index in [2.05, 4.69) is 15.3 Å². The molecule has 2 aromatic heterocycles. The normalized spacial score (nSPS) is 15.6. The van der Waals surface area contributed by atoms with Crippen LogP contribution in [-0.4, -0.2) is 34.1 Å². The number of nitrogens with one attached hydrogen (secondary N) is 1. The van der Waals surface area contributed by atoms with Gasteiger partial charge in [-0.2, -0.15) is 0 Å². The zero-order valence-electron chi connectivity index (χ0n) is 14.4. The Balaban J connectivity index is 1.40. The van der Waals surface area contributed by atoms with Gasteiger partial charge < -0.3 is 10.2 Å². The van der Waals surface area contributed by atoms with Crippen molar-refractivity contribution >= 4 is 56.5 Å². The molecule has 2 aliphatic rings. The molecule has 0 saturated carbocycles. The number of rotatable bonds is 3. The second-order valence-electron chi connectivity index (χ2n) is 6.55. The maximum Gasteiger partial charge on any atom is 0.244 e. The number of aryl methyl sites for hydroxylation is 2.